The Hall–Kier alpha value is -3.73. The molecule has 2 unspecified atom stereocenters. The van der Waals surface area contributed by atoms with Gasteiger partial charge in [-0.1, -0.05) is 19.6 Å². The van der Waals surface area contributed by atoms with Gasteiger partial charge in [-0.25, -0.2) is 9.97 Å². The van der Waals surface area contributed by atoms with E-state index in [1.807, 2.05) is 0 Å². The maximum Gasteiger partial charge on any atom is 0.446 e. The number of halogens is 9. The number of nitrogen functional groups attached to an aromatic ring is 1. The normalized spacial score (nSPS) is 15.8. The number of nitrogens with zero attached hydrogens (tertiary/aromatic N) is 3. The standard InChI is InChI=1S/C19H17F6N5O2.C2HF3O.CH4/c1-8-3-4-10(17(32,19(23,24)25)16(31)18(20,21)22)5-11(8)13-7-27-15(26)14(29-13)12-6-28-30-9(12)2;3-2(4,5)1-6;/h3-7,16,31-32H,1-2H3,(H2,26,27)(H,28,30);1H;1H4/i1D3;;. The number of aliphatic hydroxyl groups excluding tert-OH is 1. The average Bonchev–Trinajstić information content (AvgIpc) is 3.26. The summed E-state index contributed by atoms with van der Waals surface area (Å²) in [5.74, 6) is -0.149. The number of hydrogen-bond acceptors (Lipinski definition) is 7. The van der Waals surface area contributed by atoms with E-state index < -0.39 is 60.1 Å². The lowest BCUT2D eigenvalue weighted by atomic mass is 9.84. The number of carbonyl (C=O) groups is 1. The SMILES string of the molecule is C.O=CC(F)(F)F.[2H]C([2H])([2H])c1ccc(C(O)(C(O)C(F)(F)F)C(F)(F)F)cc1-c1cnc(N)c(-c2cn[nH]c2C)n1. The molecule has 0 saturated heterocycles. The molecule has 0 radical (unpaired) electrons. The average molecular weight is 578 g/mol. The Morgan fingerprint density at radius 2 is 1.67 bits per heavy atom. The smallest absolute Gasteiger partial charge is 0.382 e. The summed E-state index contributed by atoms with van der Waals surface area (Å²) in [6.07, 6.45) is -19.6. The molecule has 2 atom stereocenters. The zero-order chi connectivity index (χ0) is 31.8. The molecule has 0 fully saturated rings. The fourth-order valence-corrected chi connectivity index (χ4v) is 3.02. The Balaban J connectivity index is 0.00000114. The summed E-state index contributed by atoms with van der Waals surface area (Å²) in [7, 11) is 0. The van der Waals surface area contributed by atoms with E-state index >= 15 is 0 Å². The molecule has 2 heterocycles. The van der Waals surface area contributed by atoms with Gasteiger partial charge in [-0.15, -0.1) is 0 Å². The number of rotatable bonds is 4. The van der Waals surface area contributed by atoms with Crippen molar-refractivity contribution in [2.45, 2.75) is 51.4 Å². The number of hydrogen-bond donors (Lipinski definition) is 4. The Labute approximate surface area is 218 Å². The molecule has 3 aromatic rings. The minimum Gasteiger partial charge on any atom is -0.382 e. The van der Waals surface area contributed by atoms with Crippen molar-refractivity contribution < 1.29 is 58.6 Å². The van der Waals surface area contributed by atoms with E-state index in [0.717, 1.165) is 6.20 Å². The van der Waals surface area contributed by atoms with Crippen LogP contribution in [0, 0.1) is 13.8 Å². The van der Waals surface area contributed by atoms with Crippen LogP contribution in [0.2, 0.25) is 0 Å². The van der Waals surface area contributed by atoms with Gasteiger partial charge in [-0.3, -0.25) is 9.89 Å². The van der Waals surface area contributed by atoms with Crippen LogP contribution >= 0.6 is 0 Å². The molecule has 5 N–H and O–H groups in total. The number of anilines is 1. The first-order chi connectivity index (χ1) is 18.4. The molecule has 8 nitrogen and oxygen atoms in total. The minimum absolute atomic E-state index is 0. The summed E-state index contributed by atoms with van der Waals surface area (Å²) >= 11 is 0. The number of H-pyrrole nitrogens is 1. The van der Waals surface area contributed by atoms with Gasteiger partial charge in [0.15, 0.2) is 6.10 Å². The second-order valence-corrected chi connectivity index (χ2v) is 7.53. The van der Waals surface area contributed by atoms with Gasteiger partial charge in [0.1, 0.15) is 11.5 Å². The van der Waals surface area contributed by atoms with Gasteiger partial charge in [-0.05, 0) is 31.0 Å². The van der Waals surface area contributed by atoms with Crippen LogP contribution in [-0.4, -0.2) is 61.3 Å². The molecule has 0 amide bonds. The lowest BCUT2D eigenvalue weighted by Crippen LogP contribution is -2.57. The number of nitrogens with one attached hydrogen (secondary N) is 1. The number of carbonyl (C=O) groups excluding carboxylic acids is 1. The number of aliphatic hydroxyl groups is 2. The second kappa shape index (κ2) is 11.6. The van der Waals surface area contributed by atoms with E-state index in [0.29, 0.717) is 29.5 Å². The van der Waals surface area contributed by atoms with Crippen molar-refractivity contribution in [3.63, 3.8) is 0 Å². The predicted octanol–water partition coefficient (Wildman–Crippen LogP) is 4.79. The van der Waals surface area contributed by atoms with Gasteiger partial charge >= 0.3 is 18.5 Å². The third-order valence-corrected chi connectivity index (χ3v) is 4.89. The van der Waals surface area contributed by atoms with Gasteiger partial charge < -0.3 is 15.9 Å². The van der Waals surface area contributed by atoms with E-state index in [9.17, 15) is 49.7 Å². The molecule has 17 heteroatoms. The van der Waals surface area contributed by atoms with E-state index in [4.69, 9.17) is 14.6 Å². The number of aromatic nitrogens is 4. The number of alkyl halides is 9. The van der Waals surface area contributed by atoms with Gasteiger partial charge in [0, 0.05) is 20.9 Å². The summed E-state index contributed by atoms with van der Waals surface area (Å²) < 4.78 is 135. The Kier molecular flexibility index (Phi) is 8.39. The third kappa shape index (κ3) is 7.23. The molecule has 0 spiro atoms. The van der Waals surface area contributed by atoms with E-state index in [1.54, 1.807) is 6.92 Å². The first-order valence-corrected chi connectivity index (χ1v) is 9.80. The minimum atomic E-state index is -6.01. The molecule has 39 heavy (non-hydrogen) atoms. The van der Waals surface area contributed by atoms with Gasteiger partial charge in [0.2, 0.25) is 11.9 Å². The van der Waals surface area contributed by atoms with Crippen molar-refractivity contribution in [1.29, 1.82) is 0 Å². The lowest BCUT2D eigenvalue weighted by molar-refractivity contribution is -0.347. The van der Waals surface area contributed by atoms with E-state index in [1.165, 1.54) is 6.20 Å². The highest BCUT2D eigenvalue weighted by atomic mass is 19.4. The molecule has 0 aliphatic rings. The number of benzene rings is 1. The third-order valence-electron chi connectivity index (χ3n) is 4.89. The van der Waals surface area contributed by atoms with Crippen molar-refractivity contribution in [1.82, 2.24) is 20.2 Å². The number of aromatic amines is 1. The van der Waals surface area contributed by atoms with Crippen molar-refractivity contribution in [2.24, 2.45) is 0 Å². The summed E-state index contributed by atoms with van der Waals surface area (Å²) in [5, 5.41) is 26.0. The zero-order valence-electron chi connectivity index (χ0n) is 21.7. The highest BCUT2D eigenvalue weighted by molar-refractivity contribution is 5.75. The van der Waals surface area contributed by atoms with Crippen LogP contribution in [-0.2, 0) is 10.4 Å². The van der Waals surface area contributed by atoms with Gasteiger partial charge in [-0.2, -0.15) is 44.6 Å². The summed E-state index contributed by atoms with van der Waals surface area (Å²) in [5.41, 5.74) is -1.25. The summed E-state index contributed by atoms with van der Waals surface area (Å²) in [4.78, 5) is 16.7. The van der Waals surface area contributed by atoms with Crippen molar-refractivity contribution in [2.75, 3.05) is 5.73 Å². The number of aldehydes is 1. The fraction of sp³-hybridized carbons (Fsp3) is 0.364. The summed E-state index contributed by atoms with van der Waals surface area (Å²) in [6.45, 7) is -1.37. The molecule has 0 aliphatic carbocycles. The highest BCUT2D eigenvalue weighted by Crippen LogP contribution is 2.47. The molecular formula is C22H22F9N5O3. The summed E-state index contributed by atoms with van der Waals surface area (Å²) in [6, 6.07) is 1.31. The molecule has 0 saturated carbocycles. The van der Waals surface area contributed by atoms with E-state index in [2.05, 4.69) is 20.2 Å². The number of nitrogens with two attached hydrogens (primary N) is 1. The van der Waals surface area contributed by atoms with E-state index in [-0.39, 0.29) is 24.6 Å². The first kappa shape index (κ1) is 28.3. The van der Waals surface area contributed by atoms with Crippen LogP contribution in [0.3, 0.4) is 0 Å². The van der Waals surface area contributed by atoms with Crippen LogP contribution in [0.5, 0.6) is 0 Å². The number of aryl methyl sites for hydroxylation is 2. The Bertz CT molecular complexity index is 1390. The monoisotopic (exact) mass is 578 g/mol. The van der Waals surface area contributed by atoms with Gasteiger partial charge in [0.05, 0.1) is 18.1 Å². The van der Waals surface area contributed by atoms with Crippen LogP contribution in [0.25, 0.3) is 22.5 Å². The quantitative estimate of drug-likeness (QED) is 0.258. The molecule has 2 aromatic heterocycles. The zero-order valence-corrected chi connectivity index (χ0v) is 18.7. The Morgan fingerprint density at radius 3 is 2.10 bits per heavy atom. The van der Waals surface area contributed by atoms with Crippen molar-refractivity contribution in [3.05, 3.63) is 47.4 Å². The van der Waals surface area contributed by atoms with Crippen LogP contribution in [0.1, 0.15) is 28.4 Å². The lowest BCUT2D eigenvalue weighted by Gasteiger charge is -2.36. The topological polar surface area (TPSA) is 138 Å². The van der Waals surface area contributed by atoms with Crippen LogP contribution in [0.15, 0.2) is 30.6 Å². The van der Waals surface area contributed by atoms with Crippen LogP contribution in [0.4, 0.5) is 45.3 Å². The van der Waals surface area contributed by atoms with Gasteiger partial charge in [0.25, 0.3) is 0 Å². The maximum absolute atomic E-state index is 13.7. The predicted molar refractivity (Wildman–Crippen MR) is 120 cm³/mol. The largest absolute Gasteiger partial charge is 0.446 e. The maximum atomic E-state index is 13.7. The molecule has 3 rings (SSSR count). The van der Waals surface area contributed by atoms with Crippen molar-refractivity contribution >= 4 is 12.1 Å². The van der Waals surface area contributed by atoms with Crippen molar-refractivity contribution in [3.8, 4) is 22.5 Å². The van der Waals surface area contributed by atoms with Crippen LogP contribution < -0.4 is 5.73 Å². The molecule has 1 aromatic carbocycles. The highest BCUT2D eigenvalue weighted by Gasteiger charge is 2.67. The molecule has 216 valence electrons. The fourth-order valence-electron chi connectivity index (χ4n) is 3.02. The molecule has 0 aliphatic heterocycles. The molecule has 0 bridgehead atoms. The first-order valence-electron chi connectivity index (χ1n) is 11.3. The second-order valence-electron chi connectivity index (χ2n) is 7.53. The molecular weight excluding hydrogens is 553 g/mol. The Morgan fingerprint density at radius 1 is 1.08 bits per heavy atom.